The average Bonchev–Trinajstić information content (AvgIpc) is 2.30. The van der Waals surface area contributed by atoms with Crippen molar-refractivity contribution < 1.29 is 4.74 Å². The van der Waals surface area contributed by atoms with Gasteiger partial charge in [-0.3, -0.25) is 0 Å². The summed E-state index contributed by atoms with van der Waals surface area (Å²) in [7, 11) is 0. The predicted molar refractivity (Wildman–Crippen MR) is 61.7 cm³/mol. The van der Waals surface area contributed by atoms with Crippen LogP contribution in [-0.2, 0) is 4.74 Å². The topological polar surface area (TPSA) is 35.2 Å². The highest BCUT2D eigenvalue weighted by atomic mass is 16.5. The highest BCUT2D eigenvalue weighted by Gasteiger charge is 2.25. The predicted octanol–water partition coefficient (Wildman–Crippen LogP) is 2.42. The van der Waals surface area contributed by atoms with Gasteiger partial charge in [0.2, 0.25) is 0 Å². The summed E-state index contributed by atoms with van der Waals surface area (Å²) in [6.45, 7) is 3.69. The minimum absolute atomic E-state index is 0.212. The number of hydrogen-bond donors (Lipinski definition) is 1. The van der Waals surface area contributed by atoms with Crippen molar-refractivity contribution in [3.05, 3.63) is 35.4 Å². The van der Waals surface area contributed by atoms with Crippen LogP contribution in [0, 0.1) is 12.8 Å². The minimum atomic E-state index is 0.212. The summed E-state index contributed by atoms with van der Waals surface area (Å²) in [5.74, 6) is 0.487. The van der Waals surface area contributed by atoms with Crippen LogP contribution >= 0.6 is 0 Å². The second-order valence-electron chi connectivity index (χ2n) is 4.34. The largest absolute Gasteiger partial charge is 0.373 e. The summed E-state index contributed by atoms with van der Waals surface area (Å²) in [6.07, 6.45) is 2.54. The van der Waals surface area contributed by atoms with Crippen molar-refractivity contribution in [2.24, 2.45) is 11.7 Å². The van der Waals surface area contributed by atoms with Gasteiger partial charge in [-0.15, -0.1) is 0 Å². The number of nitrogens with two attached hydrogens (primary N) is 1. The lowest BCUT2D eigenvalue weighted by molar-refractivity contribution is -0.0251. The van der Waals surface area contributed by atoms with Gasteiger partial charge in [-0.25, -0.2) is 0 Å². The standard InChI is InChI=1S/C13H19NO/c1-10-4-6-11(7-5-10)13-12(9-14)3-2-8-15-13/h4-7,12-13H,2-3,8-9,14H2,1H3. The summed E-state index contributed by atoms with van der Waals surface area (Å²) in [5.41, 5.74) is 8.35. The van der Waals surface area contributed by atoms with Gasteiger partial charge in [0.15, 0.2) is 0 Å². The zero-order valence-electron chi connectivity index (χ0n) is 9.28. The van der Waals surface area contributed by atoms with E-state index in [9.17, 15) is 0 Å². The van der Waals surface area contributed by atoms with Crippen LogP contribution < -0.4 is 5.73 Å². The molecule has 0 bridgehead atoms. The van der Waals surface area contributed by atoms with E-state index in [0.717, 1.165) is 19.6 Å². The molecule has 1 aliphatic heterocycles. The highest BCUT2D eigenvalue weighted by molar-refractivity contribution is 5.24. The molecule has 2 rings (SSSR count). The normalized spacial score (nSPS) is 26.5. The van der Waals surface area contributed by atoms with Crippen LogP contribution in [0.15, 0.2) is 24.3 Å². The molecule has 1 aliphatic rings. The smallest absolute Gasteiger partial charge is 0.0865 e. The molecule has 1 saturated heterocycles. The number of aryl methyl sites for hydroxylation is 1. The Kier molecular flexibility index (Phi) is 3.39. The Hall–Kier alpha value is -0.860. The van der Waals surface area contributed by atoms with Gasteiger partial charge >= 0.3 is 0 Å². The maximum absolute atomic E-state index is 5.83. The Morgan fingerprint density at radius 1 is 1.33 bits per heavy atom. The zero-order chi connectivity index (χ0) is 10.7. The number of ether oxygens (including phenoxy) is 1. The first-order chi connectivity index (χ1) is 7.31. The lowest BCUT2D eigenvalue weighted by atomic mass is 9.89. The maximum atomic E-state index is 5.83. The van der Waals surface area contributed by atoms with E-state index in [2.05, 4.69) is 31.2 Å². The fraction of sp³-hybridized carbons (Fsp3) is 0.538. The van der Waals surface area contributed by atoms with Crippen molar-refractivity contribution in [1.82, 2.24) is 0 Å². The van der Waals surface area contributed by atoms with Gasteiger partial charge in [-0.2, -0.15) is 0 Å². The third-order valence-corrected chi connectivity index (χ3v) is 3.15. The lowest BCUT2D eigenvalue weighted by Gasteiger charge is -2.31. The van der Waals surface area contributed by atoms with Crippen LogP contribution in [-0.4, -0.2) is 13.2 Å². The van der Waals surface area contributed by atoms with Gasteiger partial charge in [0.25, 0.3) is 0 Å². The quantitative estimate of drug-likeness (QED) is 0.804. The van der Waals surface area contributed by atoms with E-state index in [-0.39, 0.29) is 6.10 Å². The van der Waals surface area contributed by atoms with Gasteiger partial charge in [0.1, 0.15) is 0 Å². The van der Waals surface area contributed by atoms with Crippen LogP contribution in [0.1, 0.15) is 30.1 Å². The summed E-state index contributed by atoms with van der Waals surface area (Å²) >= 11 is 0. The maximum Gasteiger partial charge on any atom is 0.0865 e. The Morgan fingerprint density at radius 3 is 2.73 bits per heavy atom. The fourth-order valence-electron chi connectivity index (χ4n) is 2.21. The monoisotopic (exact) mass is 205 g/mol. The molecule has 0 aliphatic carbocycles. The number of hydrogen-bond acceptors (Lipinski definition) is 2. The Balaban J connectivity index is 2.16. The second-order valence-corrected chi connectivity index (χ2v) is 4.34. The number of benzene rings is 1. The van der Waals surface area contributed by atoms with Crippen molar-refractivity contribution in [3.63, 3.8) is 0 Å². The van der Waals surface area contributed by atoms with Crippen LogP contribution in [0.3, 0.4) is 0 Å². The molecule has 82 valence electrons. The van der Waals surface area contributed by atoms with E-state index in [4.69, 9.17) is 10.5 Å². The zero-order valence-corrected chi connectivity index (χ0v) is 9.28. The van der Waals surface area contributed by atoms with E-state index in [1.165, 1.54) is 17.5 Å². The first-order valence-electron chi connectivity index (χ1n) is 5.69. The Labute approximate surface area is 91.4 Å². The molecule has 0 aromatic heterocycles. The van der Waals surface area contributed by atoms with Gasteiger partial charge < -0.3 is 10.5 Å². The summed E-state index contributed by atoms with van der Waals surface area (Å²) in [5, 5.41) is 0. The van der Waals surface area contributed by atoms with Crippen molar-refractivity contribution >= 4 is 0 Å². The van der Waals surface area contributed by atoms with E-state index in [0.29, 0.717) is 5.92 Å². The lowest BCUT2D eigenvalue weighted by Crippen LogP contribution is -2.28. The van der Waals surface area contributed by atoms with Crippen LogP contribution in [0.4, 0.5) is 0 Å². The molecule has 0 radical (unpaired) electrons. The van der Waals surface area contributed by atoms with Gasteiger partial charge in [-0.05, 0) is 31.9 Å². The first-order valence-corrected chi connectivity index (χ1v) is 5.69. The van der Waals surface area contributed by atoms with Gasteiger partial charge in [0.05, 0.1) is 6.10 Å². The van der Waals surface area contributed by atoms with Gasteiger partial charge in [-0.1, -0.05) is 29.8 Å². The molecule has 1 aromatic carbocycles. The second kappa shape index (κ2) is 4.77. The first kappa shape index (κ1) is 10.7. The minimum Gasteiger partial charge on any atom is -0.373 e. The van der Waals surface area contributed by atoms with E-state index >= 15 is 0 Å². The van der Waals surface area contributed by atoms with Crippen LogP contribution in [0.2, 0.25) is 0 Å². The number of rotatable bonds is 2. The molecule has 1 fully saturated rings. The summed E-state index contributed by atoms with van der Waals surface area (Å²) < 4.78 is 5.83. The molecule has 0 spiro atoms. The third kappa shape index (κ3) is 2.39. The molecule has 2 nitrogen and oxygen atoms in total. The average molecular weight is 205 g/mol. The molecule has 0 saturated carbocycles. The molecule has 2 atom stereocenters. The van der Waals surface area contributed by atoms with E-state index in [1.807, 2.05) is 0 Å². The van der Waals surface area contributed by atoms with Crippen molar-refractivity contribution in [1.29, 1.82) is 0 Å². The Morgan fingerprint density at radius 2 is 2.07 bits per heavy atom. The third-order valence-electron chi connectivity index (χ3n) is 3.15. The molecule has 2 unspecified atom stereocenters. The molecule has 1 heterocycles. The molecular formula is C13H19NO. The molecule has 0 amide bonds. The van der Waals surface area contributed by atoms with Crippen molar-refractivity contribution in [2.75, 3.05) is 13.2 Å². The molecule has 2 N–H and O–H groups in total. The van der Waals surface area contributed by atoms with E-state index < -0.39 is 0 Å². The SMILES string of the molecule is Cc1ccc(C2OCCCC2CN)cc1. The molecule has 1 aromatic rings. The van der Waals surface area contributed by atoms with Gasteiger partial charge in [0, 0.05) is 12.5 Å². The molecule has 15 heavy (non-hydrogen) atoms. The van der Waals surface area contributed by atoms with Crippen LogP contribution in [0.5, 0.6) is 0 Å². The highest BCUT2D eigenvalue weighted by Crippen LogP contribution is 2.32. The van der Waals surface area contributed by atoms with Crippen LogP contribution in [0.25, 0.3) is 0 Å². The van der Waals surface area contributed by atoms with Crippen molar-refractivity contribution in [2.45, 2.75) is 25.9 Å². The Bertz CT molecular complexity index is 307. The fourth-order valence-corrected chi connectivity index (χ4v) is 2.21. The van der Waals surface area contributed by atoms with E-state index in [1.54, 1.807) is 0 Å². The summed E-state index contributed by atoms with van der Waals surface area (Å²) in [4.78, 5) is 0. The van der Waals surface area contributed by atoms with Crippen molar-refractivity contribution in [3.8, 4) is 0 Å². The summed E-state index contributed by atoms with van der Waals surface area (Å²) in [6, 6.07) is 8.60. The molecular weight excluding hydrogens is 186 g/mol. The molecule has 2 heteroatoms.